The van der Waals surface area contributed by atoms with E-state index >= 15 is 0 Å². The van der Waals surface area contributed by atoms with Gasteiger partial charge in [-0.05, 0) is 36.4 Å². The molecule has 4 nitrogen and oxygen atoms in total. The molecular weight excluding hydrogens is 269 g/mol. The summed E-state index contributed by atoms with van der Waals surface area (Å²) in [7, 11) is 0. The largest absolute Gasteiger partial charge is 1.00 e. The first-order chi connectivity index (χ1) is 8.66. The molecule has 0 aliphatic carbocycles. The van der Waals surface area contributed by atoms with Crippen molar-refractivity contribution >= 4 is 17.6 Å². The second-order valence-corrected chi connectivity index (χ2v) is 3.70. The third-order valence-corrected chi connectivity index (χ3v) is 2.43. The van der Waals surface area contributed by atoms with Gasteiger partial charge in [0.25, 0.3) is 5.91 Å². The normalized spacial score (nSPS) is 9.26. The number of hydrogen-bond acceptors (Lipinski definition) is 2. The van der Waals surface area contributed by atoms with Crippen molar-refractivity contribution in [2.45, 2.75) is 0 Å². The maximum Gasteiger partial charge on any atom is 1.00 e. The summed E-state index contributed by atoms with van der Waals surface area (Å²) in [6.45, 7) is 0. The van der Waals surface area contributed by atoms with Gasteiger partial charge in [0.1, 0.15) is 0 Å². The first-order valence-corrected chi connectivity index (χ1v) is 5.36. The van der Waals surface area contributed by atoms with E-state index < -0.39 is 5.97 Å². The van der Waals surface area contributed by atoms with Crippen LogP contribution in [0.4, 0.5) is 5.69 Å². The van der Waals surface area contributed by atoms with Crippen LogP contribution in [-0.4, -0.2) is 17.0 Å². The average molecular weight is 280 g/mol. The van der Waals surface area contributed by atoms with Crippen LogP contribution in [0.3, 0.4) is 0 Å². The zero-order valence-corrected chi connectivity index (χ0v) is 13.6. The monoisotopic (exact) mass is 280 g/mol. The molecule has 0 unspecified atom stereocenters. The van der Waals surface area contributed by atoms with Crippen LogP contribution >= 0.6 is 0 Å². The summed E-state index contributed by atoms with van der Waals surface area (Å²) < 4.78 is 0. The second kappa shape index (κ2) is 7.57. The van der Waals surface area contributed by atoms with Crippen LogP contribution in [0.25, 0.3) is 0 Å². The van der Waals surface area contributed by atoms with Crippen molar-refractivity contribution < 1.29 is 66.1 Å². The van der Waals surface area contributed by atoms with E-state index in [1.54, 1.807) is 36.4 Å². The van der Waals surface area contributed by atoms with Gasteiger partial charge in [0, 0.05) is 11.3 Å². The van der Waals surface area contributed by atoms with Crippen molar-refractivity contribution in [2.75, 3.05) is 5.32 Å². The molecule has 0 radical (unpaired) electrons. The van der Waals surface area contributed by atoms with E-state index in [9.17, 15) is 9.59 Å². The zero-order chi connectivity index (χ0) is 13.0. The van der Waals surface area contributed by atoms with E-state index in [-0.39, 0.29) is 62.9 Å². The average Bonchev–Trinajstić information content (AvgIpc) is 2.40. The Hall–Kier alpha value is -0.984. The van der Waals surface area contributed by atoms with E-state index in [4.69, 9.17) is 5.11 Å². The Labute approximate surface area is 153 Å². The van der Waals surface area contributed by atoms with Crippen molar-refractivity contribution in [3.63, 3.8) is 0 Å². The molecule has 0 aliphatic rings. The summed E-state index contributed by atoms with van der Waals surface area (Å²) in [5.41, 5.74) is 1.31. The summed E-state index contributed by atoms with van der Waals surface area (Å²) in [4.78, 5) is 22.5. The van der Waals surface area contributed by atoms with Crippen LogP contribution in [0.2, 0.25) is 0 Å². The van der Waals surface area contributed by atoms with Crippen LogP contribution in [-0.2, 0) is 0 Å². The van der Waals surface area contributed by atoms with Crippen molar-refractivity contribution in [1.29, 1.82) is 0 Å². The van der Waals surface area contributed by atoms with E-state index in [2.05, 4.69) is 5.32 Å². The van der Waals surface area contributed by atoms with Gasteiger partial charge in [0.05, 0.1) is 5.56 Å². The molecule has 2 aromatic carbocycles. The van der Waals surface area contributed by atoms with Gasteiger partial charge in [-0.15, -0.1) is 0 Å². The second-order valence-electron chi connectivity index (χ2n) is 3.70. The number of benzene rings is 2. The third kappa shape index (κ3) is 4.56. The smallest absolute Gasteiger partial charge is 0.478 e. The molecule has 0 spiro atoms. The predicted molar refractivity (Wildman–Crippen MR) is 67.8 cm³/mol. The summed E-state index contributed by atoms with van der Waals surface area (Å²) in [6, 6.07) is 14.8. The molecule has 0 bridgehead atoms. The molecule has 0 aromatic heterocycles. The first-order valence-electron chi connectivity index (χ1n) is 5.36. The Balaban J connectivity index is 0.00000180. The minimum atomic E-state index is -0.990. The minimum absolute atomic E-state index is 0. The molecule has 0 fully saturated rings. The standard InChI is InChI=1S/C14H11NO3.K/c16-13(10-4-2-1-3-5-10)15-12-8-6-11(7-9-12)14(17)18;/h1-9H,(H,15,16)(H,17,18);/q;+1. The van der Waals surface area contributed by atoms with Gasteiger partial charge in [-0.25, -0.2) is 4.79 Å². The molecular formula is C14H11KNO3+. The van der Waals surface area contributed by atoms with E-state index in [0.717, 1.165) is 0 Å². The van der Waals surface area contributed by atoms with Crippen molar-refractivity contribution in [3.8, 4) is 0 Å². The SMILES string of the molecule is O=C(O)c1ccc(NC(=O)c2ccccc2)cc1.[K+]. The number of hydrogen-bond donors (Lipinski definition) is 2. The number of carbonyl (C=O) groups excluding carboxylic acids is 1. The Morgan fingerprint density at radius 3 is 1.95 bits per heavy atom. The van der Waals surface area contributed by atoms with Crippen LogP contribution in [0.1, 0.15) is 20.7 Å². The van der Waals surface area contributed by atoms with E-state index in [1.807, 2.05) is 6.07 Å². The van der Waals surface area contributed by atoms with Gasteiger partial charge < -0.3 is 10.4 Å². The van der Waals surface area contributed by atoms with Gasteiger partial charge in [-0.1, -0.05) is 18.2 Å². The van der Waals surface area contributed by atoms with Crippen molar-refractivity contribution in [3.05, 3.63) is 65.7 Å². The number of nitrogens with one attached hydrogen (secondary N) is 1. The molecule has 19 heavy (non-hydrogen) atoms. The maximum atomic E-state index is 11.8. The summed E-state index contributed by atoms with van der Waals surface area (Å²) in [5.74, 6) is -1.21. The van der Waals surface area contributed by atoms with Crippen LogP contribution < -0.4 is 56.7 Å². The fourth-order valence-corrected chi connectivity index (χ4v) is 1.49. The van der Waals surface area contributed by atoms with E-state index in [1.165, 1.54) is 12.1 Å². The molecule has 0 heterocycles. The molecule has 0 saturated carbocycles. The Bertz CT molecular complexity index is 567. The third-order valence-electron chi connectivity index (χ3n) is 2.43. The molecule has 1 amide bonds. The van der Waals surface area contributed by atoms with Crippen molar-refractivity contribution in [2.24, 2.45) is 0 Å². The number of rotatable bonds is 3. The Morgan fingerprint density at radius 2 is 1.42 bits per heavy atom. The fourth-order valence-electron chi connectivity index (χ4n) is 1.49. The van der Waals surface area contributed by atoms with Crippen LogP contribution in [0.5, 0.6) is 0 Å². The molecule has 0 aliphatic heterocycles. The molecule has 0 saturated heterocycles. The number of anilines is 1. The van der Waals surface area contributed by atoms with Crippen LogP contribution in [0, 0.1) is 0 Å². The molecule has 0 atom stereocenters. The zero-order valence-electron chi connectivity index (χ0n) is 10.5. The number of aromatic carboxylic acids is 1. The van der Waals surface area contributed by atoms with Gasteiger partial charge >= 0.3 is 57.4 Å². The topological polar surface area (TPSA) is 66.4 Å². The molecule has 90 valence electrons. The summed E-state index contributed by atoms with van der Waals surface area (Å²) in [6.07, 6.45) is 0. The minimum Gasteiger partial charge on any atom is -0.478 e. The van der Waals surface area contributed by atoms with Gasteiger partial charge in [-0.2, -0.15) is 0 Å². The number of carbonyl (C=O) groups is 2. The maximum absolute atomic E-state index is 11.8. The van der Waals surface area contributed by atoms with Gasteiger partial charge in [-0.3, -0.25) is 4.79 Å². The molecule has 2 aromatic rings. The van der Waals surface area contributed by atoms with Gasteiger partial charge in [0.15, 0.2) is 0 Å². The first kappa shape index (κ1) is 16.1. The van der Waals surface area contributed by atoms with Crippen LogP contribution in [0.15, 0.2) is 54.6 Å². The fraction of sp³-hybridized carbons (Fsp3) is 0. The Morgan fingerprint density at radius 1 is 0.842 bits per heavy atom. The number of carboxylic acids is 1. The van der Waals surface area contributed by atoms with Crippen molar-refractivity contribution in [1.82, 2.24) is 0 Å². The Kier molecular flexibility index (Phi) is 6.40. The molecule has 2 rings (SSSR count). The summed E-state index contributed by atoms with van der Waals surface area (Å²) in [5, 5.41) is 11.4. The molecule has 2 N–H and O–H groups in total. The quantitative estimate of drug-likeness (QED) is 0.755. The number of amides is 1. The van der Waals surface area contributed by atoms with Gasteiger partial charge in [0.2, 0.25) is 0 Å². The number of carboxylic acid groups (broad SMARTS) is 1. The predicted octanol–water partition coefficient (Wildman–Crippen LogP) is -0.359. The van der Waals surface area contributed by atoms with E-state index in [0.29, 0.717) is 11.3 Å². The summed E-state index contributed by atoms with van der Waals surface area (Å²) >= 11 is 0. The molecule has 5 heteroatoms.